The number of ether oxygens (including phenoxy) is 2. The average molecular weight is 416 g/mol. The summed E-state index contributed by atoms with van der Waals surface area (Å²) >= 11 is 0. The minimum absolute atomic E-state index is 0.0976. The molecule has 3 aromatic rings. The minimum Gasteiger partial charge on any atom is -0.497 e. The molecule has 0 bridgehead atoms. The lowest BCUT2D eigenvalue weighted by atomic mass is 9.99. The number of amides is 2. The Morgan fingerprint density at radius 3 is 2.23 bits per heavy atom. The quantitative estimate of drug-likeness (QED) is 0.627. The molecule has 6 nitrogen and oxygen atoms in total. The van der Waals surface area contributed by atoms with E-state index in [1.165, 1.54) is 12.0 Å². The summed E-state index contributed by atoms with van der Waals surface area (Å²) < 4.78 is 10.8. The molecule has 4 rings (SSSR count). The van der Waals surface area contributed by atoms with E-state index in [2.05, 4.69) is 0 Å². The normalized spacial score (nSPS) is 16.4. The molecule has 1 fully saturated rings. The zero-order valence-corrected chi connectivity index (χ0v) is 17.7. The maximum atomic E-state index is 13.8. The molecular weight excluding hydrogens is 392 g/mol. The van der Waals surface area contributed by atoms with E-state index in [1.807, 2.05) is 61.5 Å². The van der Waals surface area contributed by atoms with Gasteiger partial charge in [-0.25, -0.2) is 0 Å². The van der Waals surface area contributed by atoms with Gasteiger partial charge >= 0.3 is 0 Å². The zero-order chi connectivity index (χ0) is 22.0. The van der Waals surface area contributed by atoms with Crippen molar-refractivity contribution in [3.05, 3.63) is 83.9 Å². The molecule has 1 saturated heterocycles. The molecule has 3 aromatic carbocycles. The van der Waals surface area contributed by atoms with Crippen LogP contribution in [0.2, 0.25) is 0 Å². The van der Waals surface area contributed by atoms with Crippen molar-refractivity contribution in [2.24, 2.45) is 0 Å². The Morgan fingerprint density at radius 1 is 0.871 bits per heavy atom. The van der Waals surface area contributed by atoms with Crippen LogP contribution in [0.5, 0.6) is 11.5 Å². The first kappa shape index (κ1) is 20.5. The van der Waals surface area contributed by atoms with Gasteiger partial charge in [0.15, 0.2) is 0 Å². The number of hydrogen-bond donors (Lipinski definition) is 0. The molecule has 2 amide bonds. The monoisotopic (exact) mass is 416 g/mol. The molecule has 1 heterocycles. The summed E-state index contributed by atoms with van der Waals surface area (Å²) in [6, 6.07) is 21.4. The smallest absolute Gasteiger partial charge is 0.255 e. The number of nitrogens with zero attached hydrogens (tertiary/aromatic N) is 2. The third kappa shape index (κ3) is 3.84. The van der Waals surface area contributed by atoms with Gasteiger partial charge in [0.05, 0.1) is 19.9 Å². The maximum Gasteiger partial charge on any atom is 0.255 e. The number of carbonyl (C=O) groups excluding carboxylic acids is 2. The maximum absolute atomic E-state index is 13.8. The molecule has 0 radical (unpaired) electrons. The van der Waals surface area contributed by atoms with Crippen LogP contribution < -0.4 is 19.3 Å². The largest absolute Gasteiger partial charge is 0.497 e. The highest BCUT2D eigenvalue weighted by Crippen LogP contribution is 2.39. The molecule has 1 aliphatic heterocycles. The van der Waals surface area contributed by atoms with E-state index in [0.717, 1.165) is 11.1 Å². The average Bonchev–Trinajstić information content (AvgIpc) is 2.81. The Bertz CT molecular complexity index is 1100. The predicted octanol–water partition coefficient (Wildman–Crippen LogP) is 4.13. The van der Waals surface area contributed by atoms with Gasteiger partial charge in [0.2, 0.25) is 5.91 Å². The van der Waals surface area contributed by atoms with Gasteiger partial charge in [0, 0.05) is 11.8 Å². The van der Waals surface area contributed by atoms with Gasteiger partial charge in [-0.2, -0.15) is 0 Å². The van der Waals surface area contributed by atoms with E-state index in [1.54, 1.807) is 30.2 Å². The Kier molecular flexibility index (Phi) is 5.62. The van der Waals surface area contributed by atoms with Crippen molar-refractivity contribution in [1.82, 2.24) is 0 Å². The fourth-order valence-corrected chi connectivity index (χ4v) is 3.83. The lowest BCUT2D eigenvalue weighted by Gasteiger charge is -2.40. The van der Waals surface area contributed by atoms with Crippen LogP contribution in [0.25, 0.3) is 0 Å². The number of methoxy groups -OCH3 is 2. The van der Waals surface area contributed by atoms with Gasteiger partial charge in [0.25, 0.3) is 5.91 Å². The summed E-state index contributed by atoms with van der Waals surface area (Å²) in [5, 5.41) is 0. The molecule has 0 spiro atoms. The second kappa shape index (κ2) is 8.52. The standard InChI is InChI=1S/C25H24N2O4/c1-17-9-11-19(12-10-17)27-23(28)16-26(21-15-20(30-2)13-14-22(21)31-3)25(29)24(27)18-7-5-4-6-8-18/h4-15,24H,16H2,1-3H3/t24-/m0/s1. The summed E-state index contributed by atoms with van der Waals surface area (Å²) in [5.74, 6) is 0.686. The van der Waals surface area contributed by atoms with Gasteiger partial charge in [-0.15, -0.1) is 0 Å². The molecule has 0 N–H and O–H groups in total. The van der Waals surface area contributed by atoms with Crippen LogP contribution in [0.15, 0.2) is 72.8 Å². The van der Waals surface area contributed by atoms with E-state index in [0.29, 0.717) is 22.9 Å². The first-order chi connectivity index (χ1) is 15.0. The number of rotatable bonds is 5. The molecule has 1 aliphatic rings. The number of carbonyl (C=O) groups is 2. The van der Waals surface area contributed by atoms with Gasteiger partial charge < -0.3 is 9.47 Å². The Balaban J connectivity index is 1.83. The van der Waals surface area contributed by atoms with E-state index >= 15 is 0 Å². The van der Waals surface area contributed by atoms with Crippen LogP contribution in [0, 0.1) is 6.92 Å². The van der Waals surface area contributed by atoms with Gasteiger partial charge in [-0.05, 0) is 36.8 Å². The van der Waals surface area contributed by atoms with E-state index in [9.17, 15) is 9.59 Å². The van der Waals surface area contributed by atoms with Gasteiger partial charge in [-0.3, -0.25) is 19.4 Å². The molecule has 6 heteroatoms. The van der Waals surface area contributed by atoms with Crippen LogP contribution in [0.3, 0.4) is 0 Å². The summed E-state index contributed by atoms with van der Waals surface area (Å²) in [7, 11) is 3.09. The third-order valence-electron chi connectivity index (χ3n) is 5.42. The Hall–Kier alpha value is -3.80. The fourth-order valence-electron chi connectivity index (χ4n) is 3.83. The molecule has 158 valence electrons. The Morgan fingerprint density at radius 2 is 1.58 bits per heavy atom. The van der Waals surface area contributed by atoms with Crippen molar-refractivity contribution in [3.63, 3.8) is 0 Å². The van der Waals surface area contributed by atoms with Crippen molar-refractivity contribution < 1.29 is 19.1 Å². The lowest BCUT2D eigenvalue weighted by molar-refractivity contribution is -0.128. The van der Waals surface area contributed by atoms with E-state index in [-0.39, 0.29) is 18.4 Å². The summed E-state index contributed by atoms with van der Waals surface area (Å²) in [4.78, 5) is 30.3. The molecule has 1 atom stereocenters. The molecule has 0 aliphatic carbocycles. The number of hydrogen-bond acceptors (Lipinski definition) is 4. The first-order valence-corrected chi connectivity index (χ1v) is 10.0. The van der Waals surface area contributed by atoms with Crippen LogP contribution in [-0.2, 0) is 9.59 Å². The molecule has 0 aromatic heterocycles. The number of anilines is 2. The SMILES string of the molecule is COc1ccc(OC)c(N2CC(=O)N(c3ccc(C)cc3)[C@@H](c3ccccc3)C2=O)c1. The molecule has 0 saturated carbocycles. The number of aryl methyl sites for hydroxylation is 1. The van der Waals surface area contributed by atoms with Crippen LogP contribution in [0.1, 0.15) is 17.2 Å². The van der Waals surface area contributed by atoms with Crippen molar-refractivity contribution in [3.8, 4) is 11.5 Å². The summed E-state index contributed by atoms with van der Waals surface area (Å²) in [6.45, 7) is 1.89. The van der Waals surface area contributed by atoms with E-state index < -0.39 is 6.04 Å². The minimum atomic E-state index is -0.791. The van der Waals surface area contributed by atoms with Gasteiger partial charge in [-0.1, -0.05) is 48.0 Å². The summed E-state index contributed by atoms with van der Waals surface area (Å²) in [6.07, 6.45) is 0. The van der Waals surface area contributed by atoms with Crippen molar-refractivity contribution >= 4 is 23.2 Å². The van der Waals surface area contributed by atoms with Gasteiger partial charge in [0.1, 0.15) is 24.1 Å². The highest BCUT2D eigenvalue weighted by molar-refractivity contribution is 6.15. The van der Waals surface area contributed by atoms with Crippen LogP contribution in [0.4, 0.5) is 11.4 Å². The number of piperazine rings is 1. The molecule has 0 unspecified atom stereocenters. The third-order valence-corrected chi connectivity index (χ3v) is 5.42. The molecular formula is C25H24N2O4. The van der Waals surface area contributed by atoms with Crippen molar-refractivity contribution in [2.75, 3.05) is 30.6 Å². The zero-order valence-electron chi connectivity index (χ0n) is 17.7. The topological polar surface area (TPSA) is 59.1 Å². The van der Waals surface area contributed by atoms with Crippen LogP contribution in [-0.4, -0.2) is 32.6 Å². The lowest BCUT2D eigenvalue weighted by Crippen LogP contribution is -2.56. The fraction of sp³-hybridized carbons (Fsp3) is 0.200. The van der Waals surface area contributed by atoms with Crippen molar-refractivity contribution in [1.29, 1.82) is 0 Å². The second-order valence-corrected chi connectivity index (χ2v) is 7.37. The Labute approximate surface area is 181 Å². The van der Waals surface area contributed by atoms with E-state index in [4.69, 9.17) is 9.47 Å². The van der Waals surface area contributed by atoms with Crippen LogP contribution >= 0.6 is 0 Å². The number of benzene rings is 3. The summed E-state index contributed by atoms with van der Waals surface area (Å²) in [5.41, 5.74) is 3.02. The first-order valence-electron chi connectivity index (χ1n) is 10.0. The highest BCUT2D eigenvalue weighted by Gasteiger charge is 2.42. The second-order valence-electron chi connectivity index (χ2n) is 7.37. The van der Waals surface area contributed by atoms with Crippen molar-refractivity contribution in [2.45, 2.75) is 13.0 Å². The highest BCUT2D eigenvalue weighted by atomic mass is 16.5. The predicted molar refractivity (Wildman–Crippen MR) is 120 cm³/mol. The molecule has 31 heavy (non-hydrogen) atoms.